The van der Waals surface area contributed by atoms with Crippen LogP contribution in [0.1, 0.15) is 30.9 Å². The molecular formula is C18H19N3. The zero-order valence-corrected chi connectivity index (χ0v) is 12.6. The van der Waals surface area contributed by atoms with Crippen molar-refractivity contribution in [1.82, 2.24) is 14.8 Å². The first-order valence-corrected chi connectivity index (χ1v) is 7.22. The number of nitrogens with zero attached hydrogens (tertiary/aromatic N) is 3. The van der Waals surface area contributed by atoms with Gasteiger partial charge in [0.15, 0.2) is 5.82 Å². The molecule has 1 aromatic carbocycles. The predicted molar refractivity (Wildman–Crippen MR) is 85.6 cm³/mol. The summed E-state index contributed by atoms with van der Waals surface area (Å²) in [5.74, 6) is 1.39. The first-order chi connectivity index (χ1) is 10.1. The summed E-state index contributed by atoms with van der Waals surface area (Å²) in [6, 6.07) is 14.6. The molecule has 3 rings (SSSR count). The molecule has 0 unspecified atom stereocenters. The second-order valence-electron chi connectivity index (χ2n) is 5.62. The average Bonchev–Trinajstić information content (AvgIpc) is 2.98. The van der Waals surface area contributed by atoms with Crippen LogP contribution in [-0.4, -0.2) is 14.8 Å². The third kappa shape index (κ3) is 2.87. The monoisotopic (exact) mass is 277 g/mol. The van der Waals surface area contributed by atoms with Crippen molar-refractivity contribution in [2.75, 3.05) is 0 Å². The Kier molecular flexibility index (Phi) is 3.57. The summed E-state index contributed by atoms with van der Waals surface area (Å²) >= 11 is 0. The number of rotatable bonds is 3. The largest absolute Gasteiger partial charge is 0.237 e. The highest BCUT2D eigenvalue weighted by atomic mass is 15.3. The highest BCUT2D eigenvalue weighted by Gasteiger charge is 2.05. The molecule has 0 atom stereocenters. The van der Waals surface area contributed by atoms with Crippen LogP contribution in [0.15, 0.2) is 54.9 Å². The van der Waals surface area contributed by atoms with Gasteiger partial charge in [-0.1, -0.05) is 44.2 Å². The van der Waals surface area contributed by atoms with E-state index < -0.39 is 0 Å². The van der Waals surface area contributed by atoms with Crippen molar-refractivity contribution >= 4 is 0 Å². The Labute approximate surface area is 125 Å². The molecule has 0 radical (unpaired) electrons. The summed E-state index contributed by atoms with van der Waals surface area (Å²) in [4.78, 5) is 4.39. The quantitative estimate of drug-likeness (QED) is 0.712. The van der Waals surface area contributed by atoms with Crippen LogP contribution in [0, 0.1) is 6.92 Å². The number of hydrogen-bond acceptors (Lipinski definition) is 2. The molecule has 0 saturated carbocycles. The van der Waals surface area contributed by atoms with Gasteiger partial charge in [-0.3, -0.25) is 0 Å². The van der Waals surface area contributed by atoms with Gasteiger partial charge < -0.3 is 0 Å². The van der Waals surface area contributed by atoms with Gasteiger partial charge in [0.1, 0.15) is 0 Å². The van der Waals surface area contributed by atoms with Crippen LogP contribution in [0.2, 0.25) is 0 Å². The lowest BCUT2D eigenvalue weighted by Gasteiger charge is -2.05. The van der Waals surface area contributed by atoms with Crippen LogP contribution in [0.3, 0.4) is 0 Å². The van der Waals surface area contributed by atoms with Gasteiger partial charge >= 0.3 is 0 Å². The van der Waals surface area contributed by atoms with E-state index in [1.807, 2.05) is 42.2 Å². The summed E-state index contributed by atoms with van der Waals surface area (Å²) < 4.78 is 1.81. The lowest BCUT2D eigenvalue weighted by atomic mass is 10.0. The fraction of sp³-hybridized carbons (Fsp3) is 0.222. The molecule has 21 heavy (non-hydrogen) atoms. The van der Waals surface area contributed by atoms with Crippen LogP contribution < -0.4 is 0 Å². The number of pyridine rings is 1. The molecule has 0 fully saturated rings. The standard InChI is InChI=1S/C18H19N3/c1-13(2)15-5-7-16(8-6-15)17-10-11-21(20-17)18-9-4-14(3)12-19-18/h4-13H,1-3H3. The van der Waals surface area contributed by atoms with Crippen molar-refractivity contribution in [2.45, 2.75) is 26.7 Å². The van der Waals surface area contributed by atoms with Crippen LogP contribution in [0.25, 0.3) is 17.1 Å². The SMILES string of the molecule is Cc1ccc(-n2ccc(-c3ccc(C(C)C)cc3)n2)nc1. The minimum absolute atomic E-state index is 0.549. The Morgan fingerprint density at radius 2 is 1.71 bits per heavy atom. The molecule has 2 aromatic heterocycles. The molecule has 0 bridgehead atoms. The highest BCUT2D eigenvalue weighted by molar-refractivity contribution is 5.59. The molecule has 0 spiro atoms. The number of benzene rings is 1. The van der Waals surface area contributed by atoms with E-state index in [4.69, 9.17) is 0 Å². The molecule has 0 aliphatic carbocycles. The summed E-state index contributed by atoms with van der Waals surface area (Å²) in [6.45, 7) is 6.43. The van der Waals surface area contributed by atoms with E-state index in [2.05, 4.69) is 48.2 Å². The number of hydrogen-bond donors (Lipinski definition) is 0. The Morgan fingerprint density at radius 3 is 2.33 bits per heavy atom. The average molecular weight is 277 g/mol. The van der Waals surface area contributed by atoms with Crippen LogP contribution in [-0.2, 0) is 0 Å². The summed E-state index contributed by atoms with van der Waals surface area (Å²) in [6.07, 6.45) is 3.80. The third-order valence-corrected chi connectivity index (χ3v) is 3.59. The van der Waals surface area contributed by atoms with Crippen molar-refractivity contribution < 1.29 is 0 Å². The maximum atomic E-state index is 4.61. The Morgan fingerprint density at radius 1 is 0.952 bits per heavy atom. The Balaban J connectivity index is 1.89. The smallest absolute Gasteiger partial charge is 0.153 e. The van der Waals surface area contributed by atoms with Crippen molar-refractivity contribution in [3.8, 4) is 17.1 Å². The topological polar surface area (TPSA) is 30.7 Å². The Bertz CT molecular complexity index is 722. The normalized spacial score (nSPS) is 11.0. The minimum Gasteiger partial charge on any atom is -0.237 e. The maximum absolute atomic E-state index is 4.61. The molecule has 106 valence electrons. The second kappa shape index (κ2) is 5.52. The third-order valence-electron chi connectivity index (χ3n) is 3.59. The van der Waals surface area contributed by atoms with E-state index in [-0.39, 0.29) is 0 Å². The summed E-state index contributed by atoms with van der Waals surface area (Å²) in [5, 5.41) is 4.61. The van der Waals surface area contributed by atoms with Crippen LogP contribution in [0.5, 0.6) is 0 Å². The molecule has 3 heteroatoms. The van der Waals surface area contributed by atoms with Crippen molar-refractivity contribution in [1.29, 1.82) is 0 Å². The first-order valence-electron chi connectivity index (χ1n) is 7.22. The van der Waals surface area contributed by atoms with Crippen molar-refractivity contribution in [2.24, 2.45) is 0 Å². The molecule has 0 N–H and O–H groups in total. The molecule has 0 saturated heterocycles. The van der Waals surface area contributed by atoms with E-state index in [9.17, 15) is 0 Å². The molecule has 0 aliphatic heterocycles. The summed E-state index contributed by atoms with van der Waals surface area (Å²) in [7, 11) is 0. The van der Waals surface area contributed by atoms with Crippen molar-refractivity contribution in [3.05, 3.63) is 66.0 Å². The molecule has 0 aliphatic rings. The lowest BCUT2D eigenvalue weighted by molar-refractivity contribution is 0.848. The van der Waals surface area contributed by atoms with E-state index >= 15 is 0 Å². The van der Waals surface area contributed by atoms with Crippen LogP contribution in [0.4, 0.5) is 0 Å². The Hall–Kier alpha value is -2.42. The van der Waals surface area contributed by atoms with E-state index in [0.29, 0.717) is 5.92 Å². The molecule has 3 aromatic rings. The predicted octanol–water partition coefficient (Wildman–Crippen LogP) is 4.37. The molecule has 2 heterocycles. The van der Waals surface area contributed by atoms with E-state index in [1.165, 1.54) is 5.56 Å². The molecule has 3 nitrogen and oxygen atoms in total. The highest BCUT2D eigenvalue weighted by Crippen LogP contribution is 2.21. The zero-order chi connectivity index (χ0) is 14.8. The van der Waals surface area contributed by atoms with Gasteiger partial charge in [0.2, 0.25) is 0 Å². The number of aromatic nitrogens is 3. The van der Waals surface area contributed by atoms with Gasteiger partial charge in [-0.05, 0) is 36.1 Å². The van der Waals surface area contributed by atoms with Gasteiger partial charge in [0, 0.05) is 18.0 Å². The second-order valence-corrected chi connectivity index (χ2v) is 5.62. The van der Waals surface area contributed by atoms with Gasteiger partial charge in [0.25, 0.3) is 0 Å². The number of aryl methyl sites for hydroxylation is 1. The lowest BCUT2D eigenvalue weighted by Crippen LogP contribution is -1.98. The zero-order valence-electron chi connectivity index (χ0n) is 12.6. The first kappa shape index (κ1) is 13.6. The molecular weight excluding hydrogens is 258 g/mol. The van der Waals surface area contributed by atoms with Gasteiger partial charge in [0.05, 0.1) is 5.69 Å². The molecule has 0 amide bonds. The maximum Gasteiger partial charge on any atom is 0.153 e. The minimum atomic E-state index is 0.549. The summed E-state index contributed by atoms with van der Waals surface area (Å²) in [5.41, 5.74) is 4.59. The fourth-order valence-corrected chi connectivity index (χ4v) is 2.24. The van der Waals surface area contributed by atoms with Crippen molar-refractivity contribution in [3.63, 3.8) is 0 Å². The fourth-order valence-electron chi connectivity index (χ4n) is 2.24. The van der Waals surface area contributed by atoms with Gasteiger partial charge in [-0.2, -0.15) is 5.10 Å². The van der Waals surface area contributed by atoms with Crippen LogP contribution >= 0.6 is 0 Å². The van der Waals surface area contributed by atoms with Gasteiger partial charge in [-0.15, -0.1) is 0 Å². The van der Waals surface area contributed by atoms with E-state index in [1.54, 1.807) is 0 Å². The van der Waals surface area contributed by atoms with Gasteiger partial charge in [-0.25, -0.2) is 9.67 Å². The van der Waals surface area contributed by atoms with E-state index in [0.717, 1.165) is 22.6 Å².